The zero-order chi connectivity index (χ0) is 10.6. The second-order valence-electron chi connectivity index (χ2n) is 3.26. The standard InChI is InChI=1S/C10H15NO2S/c1-8(9-3-6-14-7-9)10(13)11(2)4-5-12/h3,6-8,12H,4-5H2,1-2H3. The predicted octanol–water partition coefficient (Wildman–Crippen LogP) is 1.30. The van der Waals surface area contributed by atoms with Crippen LogP contribution in [0.1, 0.15) is 18.4 Å². The van der Waals surface area contributed by atoms with Gasteiger partial charge in [-0.2, -0.15) is 11.3 Å². The number of aliphatic hydroxyl groups excluding tert-OH is 1. The lowest BCUT2D eigenvalue weighted by atomic mass is 10.0. The minimum atomic E-state index is -0.113. The van der Waals surface area contributed by atoms with Crippen LogP contribution in [0, 0.1) is 0 Å². The van der Waals surface area contributed by atoms with Gasteiger partial charge in [0.25, 0.3) is 0 Å². The molecule has 3 nitrogen and oxygen atoms in total. The van der Waals surface area contributed by atoms with Crippen molar-refractivity contribution in [3.63, 3.8) is 0 Å². The van der Waals surface area contributed by atoms with E-state index in [4.69, 9.17) is 5.11 Å². The fourth-order valence-electron chi connectivity index (χ4n) is 1.25. The normalized spacial score (nSPS) is 12.5. The molecule has 1 atom stereocenters. The average Bonchev–Trinajstić information content (AvgIpc) is 2.68. The Bertz CT molecular complexity index is 284. The number of likely N-dealkylation sites (N-methyl/N-ethyl adjacent to an activating group) is 1. The van der Waals surface area contributed by atoms with Crippen LogP contribution >= 0.6 is 11.3 Å². The van der Waals surface area contributed by atoms with E-state index in [0.29, 0.717) is 6.54 Å². The lowest BCUT2D eigenvalue weighted by molar-refractivity contribution is -0.131. The molecule has 1 amide bonds. The third-order valence-corrected chi connectivity index (χ3v) is 2.93. The zero-order valence-electron chi connectivity index (χ0n) is 8.43. The van der Waals surface area contributed by atoms with Crippen LogP contribution in [0.2, 0.25) is 0 Å². The Hall–Kier alpha value is -0.870. The van der Waals surface area contributed by atoms with Gasteiger partial charge in [-0.3, -0.25) is 4.79 Å². The van der Waals surface area contributed by atoms with Crippen molar-refractivity contribution in [2.45, 2.75) is 12.8 Å². The van der Waals surface area contributed by atoms with Gasteiger partial charge in [0.2, 0.25) is 5.91 Å². The second-order valence-corrected chi connectivity index (χ2v) is 4.04. The summed E-state index contributed by atoms with van der Waals surface area (Å²) in [6.45, 7) is 2.30. The number of amides is 1. The molecule has 1 heterocycles. The Morgan fingerprint density at radius 2 is 2.43 bits per heavy atom. The van der Waals surface area contributed by atoms with Crippen molar-refractivity contribution in [2.75, 3.05) is 20.2 Å². The van der Waals surface area contributed by atoms with E-state index in [1.54, 1.807) is 23.3 Å². The molecule has 0 aliphatic carbocycles. The first kappa shape index (κ1) is 11.2. The highest BCUT2D eigenvalue weighted by Gasteiger charge is 2.18. The largest absolute Gasteiger partial charge is 0.395 e. The Labute approximate surface area is 88.0 Å². The van der Waals surface area contributed by atoms with Crippen molar-refractivity contribution in [3.8, 4) is 0 Å². The Morgan fingerprint density at radius 1 is 1.71 bits per heavy atom. The molecule has 0 radical (unpaired) electrons. The number of carbonyl (C=O) groups is 1. The summed E-state index contributed by atoms with van der Waals surface area (Å²) in [5, 5.41) is 12.7. The van der Waals surface area contributed by atoms with Crippen LogP contribution in [0.5, 0.6) is 0 Å². The van der Waals surface area contributed by atoms with E-state index in [2.05, 4.69) is 0 Å². The number of carbonyl (C=O) groups excluding carboxylic acids is 1. The molecule has 1 rings (SSSR count). The summed E-state index contributed by atoms with van der Waals surface area (Å²) in [7, 11) is 1.71. The molecule has 0 aromatic carbocycles. The van der Waals surface area contributed by atoms with Gasteiger partial charge >= 0.3 is 0 Å². The molecule has 0 fully saturated rings. The Balaban J connectivity index is 2.61. The number of hydrogen-bond acceptors (Lipinski definition) is 3. The van der Waals surface area contributed by atoms with E-state index in [9.17, 15) is 4.79 Å². The molecule has 0 saturated heterocycles. The molecule has 4 heteroatoms. The number of aliphatic hydroxyl groups is 1. The molecule has 0 aliphatic rings. The van der Waals surface area contributed by atoms with Crippen molar-refractivity contribution < 1.29 is 9.90 Å². The van der Waals surface area contributed by atoms with Crippen LogP contribution in [0.3, 0.4) is 0 Å². The smallest absolute Gasteiger partial charge is 0.229 e. The number of thiophene rings is 1. The van der Waals surface area contributed by atoms with Crippen molar-refractivity contribution in [1.29, 1.82) is 0 Å². The first-order valence-corrected chi connectivity index (χ1v) is 5.49. The molecule has 0 spiro atoms. The summed E-state index contributed by atoms with van der Waals surface area (Å²) in [5.74, 6) is -0.0600. The van der Waals surface area contributed by atoms with Crippen LogP contribution in [-0.2, 0) is 4.79 Å². The fraction of sp³-hybridized carbons (Fsp3) is 0.500. The summed E-state index contributed by atoms with van der Waals surface area (Å²) in [6, 6.07) is 1.96. The Kier molecular flexibility index (Phi) is 4.10. The van der Waals surface area contributed by atoms with E-state index in [1.807, 2.05) is 23.8 Å². The lowest BCUT2D eigenvalue weighted by Gasteiger charge is -2.19. The monoisotopic (exact) mass is 213 g/mol. The van der Waals surface area contributed by atoms with Gasteiger partial charge in [-0.05, 0) is 29.3 Å². The van der Waals surface area contributed by atoms with Crippen molar-refractivity contribution in [3.05, 3.63) is 22.4 Å². The fourth-order valence-corrected chi connectivity index (χ4v) is 2.01. The SMILES string of the molecule is CC(C(=O)N(C)CCO)c1ccsc1. The minimum absolute atomic E-state index is 0.0125. The predicted molar refractivity (Wildman–Crippen MR) is 57.5 cm³/mol. The minimum Gasteiger partial charge on any atom is -0.395 e. The molecule has 0 aliphatic heterocycles. The van der Waals surface area contributed by atoms with Crippen LogP contribution < -0.4 is 0 Å². The first-order chi connectivity index (χ1) is 6.66. The van der Waals surface area contributed by atoms with Crippen LogP contribution in [-0.4, -0.2) is 36.1 Å². The van der Waals surface area contributed by atoms with E-state index >= 15 is 0 Å². The molecule has 1 aromatic heterocycles. The van der Waals surface area contributed by atoms with E-state index in [1.165, 1.54) is 0 Å². The molecule has 1 N–H and O–H groups in total. The van der Waals surface area contributed by atoms with E-state index < -0.39 is 0 Å². The third-order valence-electron chi connectivity index (χ3n) is 2.23. The lowest BCUT2D eigenvalue weighted by Crippen LogP contribution is -2.32. The van der Waals surface area contributed by atoms with Gasteiger partial charge in [0.05, 0.1) is 12.5 Å². The summed E-state index contributed by atoms with van der Waals surface area (Å²) >= 11 is 1.59. The zero-order valence-corrected chi connectivity index (χ0v) is 9.25. The maximum absolute atomic E-state index is 11.8. The van der Waals surface area contributed by atoms with Gasteiger partial charge in [-0.15, -0.1) is 0 Å². The maximum atomic E-state index is 11.8. The van der Waals surface area contributed by atoms with Gasteiger partial charge in [-0.1, -0.05) is 0 Å². The number of rotatable bonds is 4. The summed E-state index contributed by atoms with van der Waals surface area (Å²) < 4.78 is 0. The maximum Gasteiger partial charge on any atom is 0.229 e. The average molecular weight is 213 g/mol. The summed E-state index contributed by atoms with van der Waals surface area (Å²) in [5.41, 5.74) is 1.05. The van der Waals surface area contributed by atoms with Gasteiger partial charge in [-0.25, -0.2) is 0 Å². The van der Waals surface area contributed by atoms with Gasteiger partial charge < -0.3 is 10.0 Å². The molecule has 78 valence electrons. The first-order valence-electron chi connectivity index (χ1n) is 4.54. The quantitative estimate of drug-likeness (QED) is 0.819. The highest BCUT2D eigenvalue weighted by molar-refractivity contribution is 7.08. The molecule has 1 unspecified atom stereocenters. The number of nitrogens with zero attached hydrogens (tertiary/aromatic N) is 1. The molecule has 14 heavy (non-hydrogen) atoms. The van der Waals surface area contributed by atoms with Gasteiger partial charge in [0, 0.05) is 13.6 Å². The van der Waals surface area contributed by atoms with Crippen molar-refractivity contribution >= 4 is 17.2 Å². The molecule has 0 saturated carbocycles. The van der Waals surface area contributed by atoms with Crippen molar-refractivity contribution in [1.82, 2.24) is 4.90 Å². The van der Waals surface area contributed by atoms with E-state index in [0.717, 1.165) is 5.56 Å². The molecule has 0 bridgehead atoms. The molecular formula is C10H15NO2S. The molecule has 1 aromatic rings. The van der Waals surface area contributed by atoms with Crippen LogP contribution in [0.4, 0.5) is 0 Å². The van der Waals surface area contributed by atoms with Crippen molar-refractivity contribution in [2.24, 2.45) is 0 Å². The summed E-state index contributed by atoms with van der Waals surface area (Å²) in [6.07, 6.45) is 0. The summed E-state index contributed by atoms with van der Waals surface area (Å²) in [4.78, 5) is 13.3. The van der Waals surface area contributed by atoms with Crippen LogP contribution in [0.25, 0.3) is 0 Å². The van der Waals surface area contributed by atoms with E-state index in [-0.39, 0.29) is 18.4 Å². The van der Waals surface area contributed by atoms with Gasteiger partial charge in [0.1, 0.15) is 0 Å². The Morgan fingerprint density at radius 3 is 2.93 bits per heavy atom. The van der Waals surface area contributed by atoms with Gasteiger partial charge in [0.15, 0.2) is 0 Å². The second kappa shape index (κ2) is 5.12. The van der Waals surface area contributed by atoms with Crippen LogP contribution in [0.15, 0.2) is 16.8 Å². The highest BCUT2D eigenvalue weighted by atomic mass is 32.1. The molecular weight excluding hydrogens is 198 g/mol. The number of hydrogen-bond donors (Lipinski definition) is 1. The third kappa shape index (κ3) is 2.56. The highest BCUT2D eigenvalue weighted by Crippen LogP contribution is 2.19. The topological polar surface area (TPSA) is 40.5 Å².